The Balaban J connectivity index is 2.15. The highest BCUT2D eigenvalue weighted by Gasteiger charge is 2.35. The van der Waals surface area contributed by atoms with Crippen LogP contribution in [0.4, 0.5) is 0 Å². The zero-order valence-electron chi connectivity index (χ0n) is 9.67. The Morgan fingerprint density at radius 1 is 1.59 bits per heavy atom. The molecule has 2 aliphatic heterocycles. The summed E-state index contributed by atoms with van der Waals surface area (Å²) in [5, 5.41) is 7.81. The van der Waals surface area contributed by atoms with Gasteiger partial charge in [0.25, 0.3) is 0 Å². The van der Waals surface area contributed by atoms with E-state index < -0.39 is 5.41 Å². The predicted octanol–water partition coefficient (Wildman–Crippen LogP) is 2.66. The van der Waals surface area contributed by atoms with Gasteiger partial charge in [0.1, 0.15) is 6.17 Å². The monoisotopic (exact) mass is 252 g/mol. The van der Waals surface area contributed by atoms with Gasteiger partial charge in [-0.25, -0.2) is 0 Å². The van der Waals surface area contributed by atoms with Gasteiger partial charge in [-0.05, 0) is 17.7 Å². The fourth-order valence-electron chi connectivity index (χ4n) is 1.62. The quantitative estimate of drug-likeness (QED) is 0.725. The minimum atomic E-state index is -0.623. The van der Waals surface area contributed by atoms with Gasteiger partial charge in [-0.1, -0.05) is 13.8 Å². The normalized spacial score (nSPS) is 22.4. The van der Waals surface area contributed by atoms with Crippen molar-refractivity contribution in [3.8, 4) is 0 Å². The summed E-state index contributed by atoms with van der Waals surface area (Å²) in [4.78, 5) is 17.2. The fraction of sp³-hybridized carbons (Fsp3) is 0.455. The maximum atomic E-state index is 11.3. The van der Waals surface area contributed by atoms with Crippen LogP contribution in [-0.4, -0.2) is 22.5 Å². The van der Waals surface area contributed by atoms with Crippen LogP contribution in [0.2, 0.25) is 0 Å². The second-order valence-electron chi connectivity index (χ2n) is 4.59. The van der Waals surface area contributed by atoms with Crippen molar-refractivity contribution < 1.29 is 4.79 Å². The lowest BCUT2D eigenvalue weighted by Crippen LogP contribution is -2.32. The number of fused-ring (bicyclic) bond motifs is 1. The third kappa shape index (κ3) is 2.44. The lowest BCUT2D eigenvalue weighted by atomic mass is 9.89. The van der Waals surface area contributed by atoms with Gasteiger partial charge in [-0.15, -0.1) is 5.11 Å². The van der Waals surface area contributed by atoms with E-state index in [9.17, 15) is 4.79 Å². The Hall–Kier alpha value is -1.49. The molecule has 0 saturated carbocycles. The summed E-state index contributed by atoms with van der Waals surface area (Å²) >= 11 is 5.57. The Labute approximate surface area is 105 Å². The summed E-state index contributed by atoms with van der Waals surface area (Å²) in [5.41, 5.74) is -0.623. The van der Waals surface area contributed by atoms with Gasteiger partial charge in [-0.2, -0.15) is 5.11 Å². The topological polar surface area (TPSA) is 57.4 Å². The maximum Gasteiger partial charge on any atom is 0.227 e. The summed E-state index contributed by atoms with van der Waals surface area (Å²) in [7, 11) is 0. The number of allylic oxidation sites excluding steroid dienone is 1. The minimum absolute atomic E-state index is 0.197. The molecule has 0 N–H and O–H groups in total. The van der Waals surface area contributed by atoms with E-state index in [0.29, 0.717) is 12.2 Å². The van der Waals surface area contributed by atoms with Crippen molar-refractivity contribution in [2.75, 3.05) is 0 Å². The number of halogens is 1. The summed E-state index contributed by atoms with van der Waals surface area (Å²) in [5.74, 6) is 0.679. The van der Waals surface area contributed by atoms with E-state index in [2.05, 4.69) is 15.2 Å². The molecule has 0 bridgehead atoms. The van der Waals surface area contributed by atoms with Gasteiger partial charge >= 0.3 is 0 Å². The molecular weight excluding hydrogens is 240 g/mol. The van der Waals surface area contributed by atoms with Crippen molar-refractivity contribution in [1.29, 1.82) is 0 Å². The van der Waals surface area contributed by atoms with E-state index in [1.807, 2.05) is 17.2 Å². The SMILES string of the molecule is CC(C)(CC1N=NC2=CN=CC=CN21)C(=O)Cl. The summed E-state index contributed by atoms with van der Waals surface area (Å²) in [6, 6.07) is 0. The molecular formula is C11H13ClN4O. The molecule has 1 unspecified atom stereocenters. The summed E-state index contributed by atoms with van der Waals surface area (Å²) < 4.78 is 0. The van der Waals surface area contributed by atoms with Crippen molar-refractivity contribution in [2.24, 2.45) is 20.6 Å². The van der Waals surface area contributed by atoms with Gasteiger partial charge in [0.15, 0.2) is 5.82 Å². The van der Waals surface area contributed by atoms with Crippen LogP contribution in [0.15, 0.2) is 39.5 Å². The molecule has 0 fully saturated rings. The third-order valence-electron chi connectivity index (χ3n) is 2.71. The average Bonchev–Trinajstić information content (AvgIpc) is 2.50. The Morgan fingerprint density at radius 3 is 3.06 bits per heavy atom. The highest BCUT2D eigenvalue weighted by Crippen LogP contribution is 2.33. The van der Waals surface area contributed by atoms with Crippen LogP contribution in [-0.2, 0) is 4.79 Å². The molecule has 0 spiro atoms. The first-order valence-corrected chi connectivity index (χ1v) is 5.68. The second-order valence-corrected chi connectivity index (χ2v) is 4.94. The molecule has 2 heterocycles. The molecule has 0 aromatic heterocycles. The second kappa shape index (κ2) is 4.41. The molecule has 2 aliphatic rings. The van der Waals surface area contributed by atoms with E-state index >= 15 is 0 Å². The van der Waals surface area contributed by atoms with Crippen molar-refractivity contribution in [1.82, 2.24) is 4.90 Å². The van der Waals surface area contributed by atoms with Crippen LogP contribution in [0.1, 0.15) is 20.3 Å². The molecule has 0 aliphatic carbocycles. The highest BCUT2D eigenvalue weighted by atomic mass is 35.5. The van der Waals surface area contributed by atoms with E-state index in [-0.39, 0.29) is 11.4 Å². The first-order valence-electron chi connectivity index (χ1n) is 5.30. The highest BCUT2D eigenvalue weighted by molar-refractivity contribution is 6.64. The van der Waals surface area contributed by atoms with Crippen LogP contribution < -0.4 is 0 Å². The Bertz CT molecular complexity index is 450. The largest absolute Gasteiger partial charge is 0.306 e. The number of rotatable bonds is 3. The van der Waals surface area contributed by atoms with Crippen LogP contribution in [0.5, 0.6) is 0 Å². The molecule has 0 amide bonds. The lowest BCUT2D eigenvalue weighted by molar-refractivity contribution is -0.119. The van der Waals surface area contributed by atoms with Crippen LogP contribution in [0, 0.1) is 5.41 Å². The van der Waals surface area contributed by atoms with E-state index in [1.165, 1.54) is 0 Å². The molecule has 17 heavy (non-hydrogen) atoms. The van der Waals surface area contributed by atoms with Crippen molar-refractivity contribution in [2.45, 2.75) is 26.4 Å². The molecule has 0 radical (unpaired) electrons. The first kappa shape index (κ1) is 12.0. The smallest absolute Gasteiger partial charge is 0.227 e. The molecule has 90 valence electrons. The lowest BCUT2D eigenvalue weighted by Gasteiger charge is -2.26. The predicted molar refractivity (Wildman–Crippen MR) is 65.5 cm³/mol. The van der Waals surface area contributed by atoms with Gasteiger partial charge in [-0.3, -0.25) is 9.79 Å². The van der Waals surface area contributed by atoms with Gasteiger partial charge in [0, 0.05) is 24.3 Å². The minimum Gasteiger partial charge on any atom is -0.306 e. The zero-order valence-corrected chi connectivity index (χ0v) is 10.4. The maximum absolute atomic E-state index is 11.3. The standard InChI is InChI=1S/C11H13ClN4O/c1-11(2,10(12)17)6-8-14-15-9-7-13-4-3-5-16(8)9/h3-5,7-8H,6H2,1-2H3. The van der Waals surface area contributed by atoms with E-state index in [4.69, 9.17) is 11.6 Å². The van der Waals surface area contributed by atoms with Crippen molar-refractivity contribution in [3.05, 3.63) is 24.3 Å². The summed E-state index contributed by atoms with van der Waals surface area (Å²) in [6.07, 6.45) is 7.29. The number of hydrogen-bond donors (Lipinski definition) is 0. The number of carbonyl (C=O) groups is 1. The Kier molecular flexibility index (Phi) is 3.11. The molecule has 5 nitrogen and oxygen atoms in total. The molecule has 1 atom stereocenters. The van der Waals surface area contributed by atoms with E-state index in [0.717, 1.165) is 0 Å². The number of hydrogen-bond acceptors (Lipinski definition) is 5. The molecule has 0 saturated heterocycles. The van der Waals surface area contributed by atoms with Gasteiger partial charge in [0.05, 0.1) is 6.20 Å². The summed E-state index contributed by atoms with van der Waals surface area (Å²) in [6.45, 7) is 3.61. The van der Waals surface area contributed by atoms with Crippen LogP contribution >= 0.6 is 11.6 Å². The van der Waals surface area contributed by atoms with E-state index in [1.54, 1.807) is 26.3 Å². The Morgan fingerprint density at radius 2 is 2.35 bits per heavy atom. The van der Waals surface area contributed by atoms with Crippen molar-refractivity contribution >= 4 is 23.1 Å². The number of azo groups is 1. The van der Waals surface area contributed by atoms with Crippen LogP contribution in [0.3, 0.4) is 0 Å². The van der Waals surface area contributed by atoms with Gasteiger partial charge < -0.3 is 4.90 Å². The average molecular weight is 253 g/mol. The molecule has 0 aromatic rings. The molecule has 0 aromatic carbocycles. The molecule has 6 heteroatoms. The zero-order chi connectivity index (χ0) is 12.5. The fourth-order valence-corrected chi connectivity index (χ4v) is 1.70. The first-order chi connectivity index (χ1) is 8.00. The molecule has 2 rings (SSSR count). The van der Waals surface area contributed by atoms with Gasteiger partial charge in [0.2, 0.25) is 5.24 Å². The third-order valence-corrected chi connectivity index (χ3v) is 3.22. The number of aliphatic imine (C=N–C) groups is 1. The number of nitrogens with zero attached hydrogens (tertiary/aromatic N) is 4. The number of carbonyl (C=O) groups excluding carboxylic acids is 1. The van der Waals surface area contributed by atoms with Crippen molar-refractivity contribution in [3.63, 3.8) is 0 Å². The van der Waals surface area contributed by atoms with Crippen LogP contribution in [0.25, 0.3) is 0 Å².